The van der Waals surface area contributed by atoms with Crippen LogP contribution in [0.3, 0.4) is 0 Å². The second-order valence-corrected chi connectivity index (χ2v) is 6.10. The van der Waals surface area contributed by atoms with E-state index in [1.807, 2.05) is 18.2 Å². The zero-order chi connectivity index (χ0) is 16.8. The maximum Gasteiger partial charge on any atom is 0.209 e. The molecule has 0 radical (unpaired) electrons. The van der Waals surface area contributed by atoms with Gasteiger partial charge in [0.15, 0.2) is 11.5 Å². The van der Waals surface area contributed by atoms with Gasteiger partial charge in [0.25, 0.3) is 0 Å². The van der Waals surface area contributed by atoms with Crippen molar-refractivity contribution in [1.82, 2.24) is 10.2 Å². The van der Waals surface area contributed by atoms with E-state index in [1.165, 1.54) is 0 Å². The molecule has 1 saturated heterocycles. The lowest BCUT2D eigenvalue weighted by molar-refractivity contribution is -0.120. The molecule has 0 atom stereocenters. The van der Waals surface area contributed by atoms with Crippen LogP contribution in [0.2, 0.25) is 0 Å². The van der Waals surface area contributed by atoms with Gasteiger partial charge in [0.1, 0.15) is 25.5 Å². The number of carbonyl (C=O) groups excluding carboxylic acids is 1. The summed E-state index contributed by atoms with van der Waals surface area (Å²) in [4.78, 5) is 12.3. The molecule has 0 saturated carbocycles. The van der Waals surface area contributed by atoms with E-state index >= 15 is 0 Å². The SMILES string of the molecule is O=CN1CCC(F)(CNCCOc2cccc3c2OCCO3)CC1. The third-order valence-corrected chi connectivity index (χ3v) is 4.35. The molecule has 0 unspecified atom stereocenters. The fraction of sp³-hybridized carbons (Fsp3) is 0.588. The highest BCUT2D eigenvalue weighted by Crippen LogP contribution is 2.38. The Labute approximate surface area is 140 Å². The smallest absolute Gasteiger partial charge is 0.209 e. The number of hydrogen-bond donors (Lipinski definition) is 1. The van der Waals surface area contributed by atoms with Crippen LogP contribution >= 0.6 is 0 Å². The van der Waals surface area contributed by atoms with Gasteiger partial charge in [-0.15, -0.1) is 0 Å². The fourth-order valence-corrected chi connectivity index (χ4v) is 2.91. The van der Waals surface area contributed by atoms with E-state index in [0.717, 1.165) is 6.41 Å². The number of nitrogens with one attached hydrogen (secondary N) is 1. The number of amides is 1. The molecule has 7 heteroatoms. The number of likely N-dealkylation sites (tertiary alicyclic amines) is 1. The quantitative estimate of drug-likeness (QED) is 0.601. The minimum atomic E-state index is -1.25. The number of nitrogens with zero attached hydrogens (tertiary/aromatic N) is 1. The molecular formula is C17H23FN2O4. The first-order valence-corrected chi connectivity index (χ1v) is 8.31. The standard InChI is InChI=1S/C17H23FN2O4/c18-17(4-7-20(13-21)8-5-17)12-19-6-9-22-14-2-1-3-15-16(14)24-11-10-23-15/h1-3,13,19H,4-12H2. The molecule has 0 aliphatic carbocycles. The molecule has 1 N–H and O–H groups in total. The van der Waals surface area contributed by atoms with E-state index in [2.05, 4.69) is 5.32 Å². The van der Waals surface area contributed by atoms with Gasteiger partial charge in [-0.05, 0) is 12.1 Å². The highest BCUT2D eigenvalue weighted by molar-refractivity contribution is 5.51. The molecule has 2 aliphatic heterocycles. The van der Waals surface area contributed by atoms with E-state index in [0.29, 0.717) is 69.5 Å². The number of hydrogen-bond acceptors (Lipinski definition) is 5. The van der Waals surface area contributed by atoms with Crippen LogP contribution in [0, 0.1) is 0 Å². The summed E-state index contributed by atoms with van der Waals surface area (Å²) < 4.78 is 31.4. The van der Waals surface area contributed by atoms with Gasteiger partial charge >= 0.3 is 0 Å². The minimum Gasteiger partial charge on any atom is -0.488 e. The molecule has 3 rings (SSSR count). The average molecular weight is 338 g/mol. The van der Waals surface area contributed by atoms with Gasteiger partial charge in [-0.2, -0.15) is 0 Å². The zero-order valence-corrected chi connectivity index (χ0v) is 13.6. The third-order valence-electron chi connectivity index (χ3n) is 4.35. The number of alkyl halides is 1. The van der Waals surface area contributed by atoms with E-state index in [-0.39, 0.29) is 6.54 Å². The lowest BCUT2D eigenvalue weighted by Gasteiger charge is -2.34. The number of piperidine rings is 1. The fourth-order valence-electron chi connectivity index (χ4n) is 2.91. The molecule has 6 nitrogen and oxygen atoms in total. The Balaban J connectivity index is 1.39. The predicted molar refractivity (Wildman–Crippen MR) is 86.5 cm³/mol. The Hall–Kier alpha value is -2.02. The van der Waals surface area contributed by atoms with Gasteiger partial charge in [0.05, 0.1) is 0 Å². The average Bonchev–Trinajstić information content (AvgIpc) is 2.62. The number of rotatable bonds is 7. The molecule has 2 heterocycles. The topological polar surface area (TPSA) is 60.0 Å². The molecule has 1 aromatic carbocycles. The summed E-state index contributed by atoms with van der Waals surface area (Å²) in [5.41, 5.74) is -1.25. The second kappa shape index (κ2) is 7.70. The predicted octanol–water partition coefficient (Wildman–Crippen LogP) is 1.39. The lowest BCUT2D eigenvalue weighted by atomic mass is 9.93. The van der Waals surface area contributed by atoms with Crippen molar-refractivity contribution < 1.29 is 23.4 Å². The highest BCUT2D eigenvalue weighted by Gasteiger charge is 2.33. The Morgan fingerprint density at radius 2 is 2.08 bits per heavy atom. The van der Waals surface area contributed by atoms with Crippen molar-refractivity contribution in [2.45, 2.75) is 18.5 Å². The molecule has 0 aromatic heterocycles. The Morgan fingerprint density at radius 1 is 1.29 bits per heavy atom. The highest BCUT2D eigenvalue weighted by atomic mass is 19.1. The Kier molecular flexibility index (Phi) is 5.40. The van der Waals surface area contributed by atoms with Crippen LogP contribution < -0.4 is 19.5 Å². The van der Waals surface area contributed by atoms with Crippen molar-refractivity contribution in [2.24, 2.45) is 0 Å². The van der Waals surface area contributed by atoms with Gasteiger partial charge in [-0.25, -0.2) is 4.39 Å². The number of halogens is 1. The van der Waals surface area contributed by atoms with Crippen molar-refractivity contribution in [3.63, 3.8) is 0 Å². The van der Waals surface area contributed by atoms with Crippen molar-refractivity contribution in [1.29, 1.82) is 0 Å². The molecule has 0 spiro atoms. The van der Waals surface area contributed by atoms with Crippen LogP contribution in [0.15, 0.2) is 18.2 Å². The monoisotopic (exact) mass is 338 g/mol. The van der Waals surface area contributed by atoms with E-state index in [4.69, 9.17) is 14.2 Å². The first kappa shape index (κ1) is 16.8. The van der Waals surface area contributed by atoms with Crippen LogP contribution in [0.25, 0.3) is 0 Å². The maximum atomic E-state index is 14.6. The first-order chi connectivity index (χ1) is 11.7. The summed E-state index contributed by atoms with van der Waals surface area (Å²) in [6.45, 7) is 3.22. The summed E-state index contributed by atoms with van der Waals surface area (Å²) in [7, 11) is 0. The summed E-state index contributed by atoms with van der Waals surface area (Å²) >= 11 is 0. The van der Waals surface area contributed by atoms with E-state index < -0.39 is 5.67 Å². The van der Waals surface area contributed by atoms with Crippen LogP contribution in [0.4, 0.5) is 4.39 Å². The Bertz CT molecular complexity index is 562. The van der Waals surface area contributed by atoms with E-state index in [9.17, 15) is 9.18 Å². The Morgan fingerprint density at radius 3 is 2.88 bits per heavy atom. The zero-order valence-electron chi connectivity index (χ0n) is 13.6. The lowest BCUT2D eigenvalue weighted by Crippen LogP contribution is -2.47. The van der Waals surface area contributed by atoms with Gasteiger partial charge in [-0.1, -0.05) is 6.07 Å². The van der Waals surface area contributed by atoms with Gasteiger partial charge in [0.2, 0.25) is 12.2 Å². The van der Waals surface area contributed by atoms with Gasteiger partial charge in [0, 0.05) is 39.0 Å². The van der Waals surface area contributed by atoms with Crippen LogP contribution in [0.1, 0.15) is 12.8 Å². The molecule has 132 valence electrons. The van der Waals surface area contributed by atoms with Crippen molar-refractivity contribution in [3.05, 3.63) is 18.2 Å². The summed E-state index contributed by atoms with van der Waals surface area (Å²) in [5.74, 6) is 1.96. The number of carbonyl (C=O) groups is 1. The first-order valence-electron chi connectivity index (χ1n) is 8.31. The molecule has 24 heavy (non-hydrogen) atoms. The minimum absolute atomic E-state index is 0.273. The second-order valence-electron chi connectivity index (χ2n) is 6.10. The molecule has 1 fully saturated rings. The number of para-hydroxylation sites is 1. The number of fused-ring (bicyclic) bond motifs is 1. The molecule has 0 bridgehead atoms. The molecule has 1 aromatic rings. The summed E-state index contributed by atoms with van der Waals surface area (Å²) in [5, 5.41) is 3.10. The largest absolute Gasteiger partial charge is 0.488 e. The molecular weight excluding hydrogens is 315 g/mol. The maximum absolute atomic E-state index is 14.6. The molecule has 2 aliphatic rings. The van der Waals surface area contributed by atoms with Crippen LogP contribution in [0.5, 0.6) is 17.2 Å². The normalized spacial score (nSPS) is 19.0. The van der Waals surface area contributed by atoms with Crippen molar-refractivity contribution >= 4 is 6.41 Å². The van der Waals surface area contributed by atoms with Crippen molar-refractivity contribution in [2.75, 3.05) is 46.0 Å². The van der Waals surface area contributed by atoms with Crippen molar-refractivity contribution in [3.8, 4) is 17.2 Å². The molecule has 1 amide bonds. The number of benzene rings is 1. The van der Waals surface area contributed by atoms with Crippen LogP contribution in [-0.2, 0) is 4.79 Å². The van der Waals surface area contributed by atoms with Gasteiger partial charge < -0.3 is 24.4 Å². The van der Waals surface area contributed by atoms with Crippen LogP contribution in [-0.4, -0.2) is 63.0 Å². The summed E-state index contributed by atoms with van der Waals surface area (Å²) in [6, 6.07) is 5.53. The summed E-state index contributed by atoms with van der Waals surface area (Å²) in [6.07, 6.45) is 1.53. The van der Waals surface area contributed by atoms with Gasteiger partial charge in [-0.3, -0.25) is 4.79 Å². The third kappa shape index (κ3) is 4.08. The van der Waals surface area contributed by atoms with E-state index in [1.54, 1.807) is 4.90 Å². The number of ether oxygens (including phenoxy) is 3.